The number of hydrogen-bond donors (Lipinski definition) is 2. The Morgan fingerprint density at radius 2 is 1.94 bits per heavy atom. The second kappa shape index (κ2) is 7.34. The first kappa shape index (κ1) is 15.8. The SMILES string of the molecule is CCC1CCCC(NC(=O)C2CCCC2N)C1.Cl. The van der Waals surface area contributed by atoms with Gasteiger partial charge in [0.25, 0.3) is 0 Å². The van der Waals surface area contributed by atoms with E-state index in [2.05, 4.69) is 12.2 Å². The lowest BCUT2D eigenvalue weighted by Gasteiger charge is -2.30. The van der Waals surface area contributed by atoms with E-state index < -0.39 is 0 Å². The van der Waals surface area contributed by atoms with Gasteiger partial charge in [-0.1, -0.05) is 32.6 Å². The highest BCUT2D eigenvalue weighted by Gasteiger charge is 2.32. The molecule has 0 saturated heterocycles. The normalized spacial score (nSPS) is 35.9. The van der Waals surface area contributed by atoms with Crippen molar-refractivity contribution in [3.05, 3.63) is 0 Å². The predicted molar refractivity (Wildman–Crippen MR) is 76.7 cm³/mol. The largest absolute Gasteiger partial charge is 0.353 e. The number of halogens is 1. The fourth-order valence-electron chi connectivity index (χ4n) is 3.42. The van der Waals surface area contributed by atoms with Gasteiger partial charge in [0, 0.05) is 12.1 Å². The van der Waals surface area contributed by atoms with E-state index in [-0.39, 0.29) is 30.3 Å². The molecule has 0 aliphatic heterocycles. The molecule has 3 nitrogen and oxygen atoms in total. The lowest BCUT2D eigenvalue weighted by atomic mass is 9.84. The van der Waals surface area contributed by atoms with Crippen molar-refractivity contribution < 1.29 is 4.79 Å². The summed E-state index contributed by atoms with van der Waals surface area (Å²) in [5.41, 5.74) is 5.98. The number of nitrogens with one attached hydrogen (secondary N) is 1. The van der Waals surface area contributed by atoms with E-state index in [1.807, 2.05) is 0 Å². The number of carbonyl (C=O) groups excluding carboxylic acids is 1. The number of amides is 1. The molecule has 0 aromatic carbocycles. The van der Waals surface area contributed by atoms with Crippen molar-refractivity contribution in [1.29, 1.82) is 0 Å². The van der Waals surface area contributed by atoms with Crippen molar-refractivity contribution in [2.24, 2.45) is 17.6 Å². The van der Waals surface area contributed by atoms with Crippen LogP contribution < -0.4 is 11.1 Å². The molecule has 4 heteroatoms. The summed E-state index contributed by atoms with van der Waals surface area (Å²) >= 11 is 0. The molecule has 0 bridgehead atoms. The van der Waals surface area contributed by atoms with E-state index >= 15 is 0 Å². The van der Waals surface area contributed by atoms with Gasteiger partial charge in [-0.25, -0.2) is 0 Å². The fraction of sp³-hybridized carbons (Fsp3) is 0.929. The molecular weight excluding hydrogens is 248 g/mol. The molecule has 2 fully saturated rings. The number of rotatable bonds is 3. The molecule has 2 aliphatic carbocycles. The van der Waals surface area contributed by atoms with Crippen molar-refractivity contribution in [2.45, 2.75) is 70.4 Å². The standard InChI is InChI=1S/C14H26N2O.ClH/c1-2-10-5-3-6-11(9-10)16-14(17)12-7-4-8-13(12)15;/h10-13H,2-9,15H2,1H3,(H,16,17);1H. The Bertz CT molecular complexity index is 273. The van der Waals surface area contributed by atoms with Gasteiger partial charge in [0.1, 0.15) is 0 Å². The molecule has 1 amide bonds. The van der Waals surface area contributed by atoms with Crippen LogP contribution in [0.2, 0.25) is 0 Å². The molecule has 2 aliphatic rings. The van der Waals surface area contributed by atoms with E-state index in [1.54, 1.807) is 0 Å². The third-order valence-electron chi connectivity index (χ3n) is 4.61. The molecule has 0 spiro atoms. The highest BCUT2D eigenvalue weighted by Crippen LogP contribution is 2.28. The van der Waals surface area contributed by atoms with Crippen molar-refractivity contribution in [1.82, 2.24) is 5.32 Å². The van der Waals surface area contributed by atoms with Crippen LogP contribution in [0.4, 0.5) is 0 Å². The maximum atomic E-state index is 12.1. The Morgan fingerprint density at radius 1 is 1.22 bits per heavy atom. The zero-order valence-corrected chi connectivity index (χ0v) is 12.2. The van der Waals surface area contributed by atoms with Crippen molar-refractivity contribution in [2.75, 3.05) is 0 Å². The highest BCUT2D eigenvalue weighted by molar-refractivity contribution is 5.85. The van der Waals surface area contributed by atoms with Crippen LogP contribution >= 0.6 is 12.4 Å². The summed E-state index contributed by atoms with van der Waals surface area (Å²) in [5.74, 6) is 1.11. The molecule has 3 N–H and O–H groups in total. The number of hydrogen-bond acceptors (Lipinski definition) is 2. The quantitative estimate of drug-likeness (QED) is 0.831. The van der Waals surface area contributed by atoms with Gasteiger partial charge < -0.3 is 11.1 Å². The van der Waals surface area contributed by atoms with Gasteiger partial charge in [0.2, 0.25) is 5.91 Å². The van der Waals surface area contributed by atoms with Crippen molar-refractivity contribution in [3.63, 3.8) is 0 Å². The summed E-state index contributed by atoms with van der Waals surface area (Å²) in [7, 11) is 0. The first-order chi connectivity index (χ1) is 8.20. The first-order valence-corrected chi connectivity index (χ1v) is 7.26. The second-order valence-electron chi connectivity index (χ2n) is 5.85. The number of nitrogens with two attached hydrogens (primary N) is 1. The average Bonchev–Trinajstić information content (AvgIpc) is 2.76. The second-order valence-corrected chi connectivity index (χ2v) is 5.85. The van der Waals surface area contributed by atoms with Crippen LogP contribution in [0.15, 0.2) is 0 Å². The molecule has 4 unspecified atom stereocenters. The van der Waals surface area contributed by atoms with Crippen LogP contribution in [0.3, 0.4) is 0 Å². The van der Waals surface area contributed by atoms with Crippen LogP contribution in [0.1, 0.15) is 58.3 Å². The lowest BCUT2D eigenvalue weighted by molar-refractivity contribution is -0.126. The van der Waals surface area contributed by atoms with Gasteiger partial charge in [-0.2, -0.15) is 0 Å². The van der Waals surface area contributed by atoms with Crippen LogP contribution in [0.25, 0.3) is 0 Å². The monoisotopic (exact) mass is 274 g/mol. The molecule has 2 rings (SSSR count). The van der Waals surface area contributed by atoms with Gasteiger partial charge in [0.15, 0.2) is 0 Å². The van der Waals surface area contributed by atoms with E-state index in [0.29, 0.717) is 6.04 Å². The minimum absolute atomic E-state index is 0. The van der Waals surface area contributed by atoms with Crippen molar-refractivity contribution in [3.8, 4) is 0 Å². The summed E-state index contributed by atoms with van der Waals surface area (Å²) in [5, 5.41) is 3.24. The van der Waals surface area contributed by atoms with Gasteiger partial charge in [0.05, 0.1) is 5.92 Å². The minimum Gasteiger partial charge on any atom is -0.353 e. The van der Waals surface area contributed by atoms with Gasteiger partial charge in [-0.15, -0.1) is 12.4 Å². The van der Waals surface area contributed by atoms with Gasteiger partial charge >= 0.3 is 0 Å². The van der Waals surface area contributed by atoms with E-state index in [9.17, 15) is 4.79 Å². The van der Waals surface area contributed by atoms with Crippen molar-refractivity contribution >= 4 is 18.3 Å². The smallest absolute Gasteiger partial charge is 0.224 e. The Balaban J connectivity index is 0.00000162. The fourth-order valence-corrected chi connectivity index (χ4v) is 3.42. The summed E-state index contributed by atoms with van der Waals surface area (Å²) in [6.45, 7) is 2.25. The molecule has 106 valence electrons. The van der Waals surface area contributed by atoms with Crippen LogP contribution in [-0.2, 0) is 4.79 Å². The molecule has 0 radical (unpaired) electrons. The Kier molecular flexibility index (Phi) is 6.44. The van der Waals surface area contributed by atoms with E-state index in [4.69, 9.17) is 5.73 Å². The average molecular weight is 275 g/mol. The summed E-state index contributed by atoms with van der Waals surface area (Å²) in [6.07, 6.45) is 9.29. The molecule has 0 aromatic heterocycles. The number of carbonyl (C=O) groups is 1. The summed E-state index contributed by atoms with van der Waals surface area (Å²) < 4.78 is 0. The minimum atomic E-state index is 0. The molecular formula is C14H27ClN2O. The summed E-state index contributed by atoms with van der Waals surface area (Å²) in [4.78, 5) is 12.1. The Morgan fingerprint density at radius 3 is 2.56 bits per heavy atom. The Labute approximate surface area is 117 Å². The molecule has 0 aromatic rings. The third kappa shape index (κ3) is 3.86. The van der Waals surface area contributed by atoms with Crippen LogP contribution in [-0.4, -0.2) is 18.0 Å². The zero-order valence-electron chi connectivity index (χ0n) is 11.4. The maximum absolute atomic E-state index is 12.1. The van der Waals surface area contributed by atoms with Gasteiger partial charge in [-0.05, 0) is 31.6 Å². The van der Waals surface area contributed by atoms with Crippen LogP contribution in [0.5, 0.6) is 0 Å². The maximum Gasteiger partial charge on any atom is 0.224 e. The first-order valence-electron chi connectivity index (χ1n) is 7.26. The zero-order chi connectivity index (χ0) is 12.3. The topological polar surface area (TPSA) is 55.1 Å². The molecule has 4 atom stereocenters. The third-order valence-corrected chi connectivity index (χ3v) is 4.61. The molecule has 2 saturated carbocycles. The predicted octanol–water partition coefficient (Wildman–Crippen LogP) is 2.62. The molecule has 18 heavy (non-hydrogen) atoms. The lowest BCUT2D eigenvalue weighted by Crippen LogP contribution is -2.45. The van der Waals surface area contributed by atoms with Crippen LogP contribution in [0, 0.1) is 11.8 Å². The van der Waals surface area contributed by atoms with Gasteiger partial charge in [-0.3, -0.25) is 4.79 Å². The molecule has 0 heterocycles. The van der Waals surface area contributed by atoms with E-state index in [0.717, 1.165) is 31.6 Å². The van der Waals surface area contributed by atoms with E-state index in [1.165, 1.54) is 25.7 Å². The highest BCUT2D eigenvalue weighted by atomic mass is 35.5. The summed E-state index contributed by atoms with van der Waals surface area (Å²) in [6, 6.07) is 0.509. The Hall–Kier alpha value is -0.280.